The largest absolute Gasteiger partial charge is 0.473 e. The highest BCUT2D eigenvalue weighted by molar-refractivity contribution is 6.31. The van der Waals surface area contributed by atoms with Crippen molar-refractivity contribution in [2.75, 3.05) is 19.8 Å². The number of halogens is 2. The molecule has 0 bridgehead atoms. The number of ether oxygens (including phenoxy) is 1. The molecule has 0 spiro atoms. The average molecular weight is 336 g/mol. The minimum Gasteiger partial charge on any atom is -0.473 e. The molecular weight excluding hydrogens is 317 g/mol. The van der Waals surface area contributed by atoms with Crippen LogP contribution in [0.2, 0.25) is 5.02 Å². The van der Waals surface area contributed by atoms with Gasteiger partial charge in [-0.15, -0.1) is 0 Å². The van der Waals surface area contributed by atoms with Crippen LogP contribution in [0.15, 0.2) is 18.2 Å². The highest BCUT2D eigenvalue weighted by Crippen LogP contribution is 2.16. The molecule has 1 aromatic carbocycles. The molecular formula is C14H19ClFNO5. The van der Waals surface area contributed by atoms with Gasteiger partial charge in [-0.05, 0) is 37.6 Å². The van der Waals surface area contributed by atoms with Gasteiger partial charge in [-0.25, -0.2) is 14.0 Å². The van der Waals surface area contributed by atoms with Crippen LogP contribution in [-0.2, 0) is 20.9 Å². The third-order valence-corrected chi connectivity index (χ3v) is 2.71. The number of carbonyl (C=O) groups is 2. The van der Waals surface area contributed by atoms with Crippen LogP contribution in [0.25, 0.3) is 0 Å². The summed E-state index contributed by atoms with van der Waals surface area (Å²) >= 11 is 5.89. The van der Waals surface area contributed by atoms with E-state index in [2.05, 4.69) is 5.32 Å². The van der Waals surface area contributed by atoms with E-state index in [4.69, 9.17) is 36.1 Å². The molecule has 0 unspecified atom stereocenters. The van der Waals surface area contributed by atoms with Crippen LogP contribution in [0, 0.1) is 5.82 Å². The standard InChI is InChI=1S/C12H17ClFNO.C2H2O4/c1-2-16-7-3-6-15-9-10-4-5-11(14)8-12(10)13;3-1(4)2(5)6/h4-5,8,15H,2-3,6-7,9H2,1H3;(H,3,4)(H,5,6). The highest BCUT2D eigenvalue weighted by atomic mass is 35.5. The maximum absolute atomic E-state index is 12.8. The summed E-state index contributed by atoms with van der Waals surface area (Å²) in [7, 11) is 0. The molecule has 0 saturated heterocycles. The van der Waals surface area contributed by atoms with Crippen LogP contribution >= 0.6 is 11.6 Å². The van der Waals surface area contributed by atoms with E-state index in [1.54, 1.807) is 6.07 Å². The van der Waals surface area contributed by atoms with Gasteiger partial charge >= 0.3 is 11.9 Å². The summed E-state index contributed by atoms with van der Waals surface area (Å²) in [6, 6.07) is 4.45. The summed E-state index contributed by atoms with van der Waals surface area (Å²) in [5, 5.41) is 18.5. The van der Waals surface area contributed by atoms with E-state index in [1.807, 2.05) is 6.92 Å². The third-order valence-electron chi connectivity index (χ3n) is 2.36. The number of rotatable bonds is 7. The van der Waals surface area contributed by atoms with Crippen molar-refractivity contribution in [1.29, 1.82) is 0 Å². The van der Waals surface area contributed by atoms with Crippen LogP contribution in [0.5, 0.6) is 0 Å². The van der Waals surface area contributed by atoms with E-state index >= 15 is 0 Å². The van der Waals surface area contributed by atoms with E-state index in [9.17, 15) is 4.39 Å². The molecule has 0 atom stereocenters. The lowest BCUT2D eigenvalue weighted by Crippen LogP contribution is -2.16. The van der Waals surface area contributed by atoms with Gasteiger partial charge in [0.15, 0.2) is 0 Å². The fraction of sp³-hybridized carbons (Fsp3) is 0.429. The van der Waals surface area contributed by atoms with Gasteiger partial charge in [0.1, 0.15) is 5.82 Å². The average Bonchev–Trinajstić information content (AvgIpc) is 2.45. The van der Waals surface area contributed by atoms with Crippen LogP contribution in [-0.4, -0.2) is 41.9 Å². The van der Waals surface area contributed by atoms with E-state index in [0.29, 0.717) is 11.6 Å². The first kappa shape index (κ1) is 20.3. The highest BCUT2D eigenvalue weighted by Gasteiger charge is 2.04. The molecule has 22 heavy (non-hydrogen) atoms. The Kier molecular flexibility index (Phi) is 11.0. The molecule has 6 nitrogen and oxygen atoms in total. The molecule has 8 heteroatoms. The molecule has 0 aromatic heterocycles. The Morgan fingerprint density at radius 1 is 1.32 bits per heavy atom. The summed E-state index contributed by atoms with van der Waals surface area (Å²) in [6.07, 6.45) is 0.965. The number of benzene rings is 1. The molecule has 0 saturated carbocycles. The van der Waals surface area contributed by atoms with Crippen molar-refractivity contribution in [3.8, 4) is 0 Å². The first-order valence-electron chi connectivity index (χ1n) is 6.57. The predicted molar refractivity (Wildman–Crippen MR) is 79.5 cm³/mol. The maximum Gasteiger partial charge on any atom is 0.414 e. The summed E-state index contributed by atoms with van der Waals surface area (Å²) < 4.78 is 18.0. The minimum absolute atomic E-state index is 0.301. The zero-order chi connectivity index (χ0) is 17.0. The fourth-order valence-electron chi connectivity index (χ4n) is 1.33. The lowest BCUT2D eigenvalue weighted by atomic mass is 10.2. The molecule has 1 aromatic rings. The van der Waals surface area contributed by atoms with Crippen molar-refractivity contribution in [2.24, 2.45) is 0 Å². The van der Waals surface area contributed by atoms with Gasteiger partial charge in [0.2, 0.25) is 0 Å². The van der Waals surface area contributed by atoms with Crippen LogP contribution < -0.4 is 5.32 Å². The van der Waals surface area contributed by atoms with Crippen molar-refractivity contribution < 1.29 is 28.9 Å². The quantitative estimate of drug-likeness (QED) is 0.522. The van der Waals surface area contributed by atoms with Gasteiger partial charge in [0, 0.05) is 24.8 Å². The van der Waals surface area contributed by atoms with Crippen molar-refractivity contribution >= 4 is 23.5 Å². The van der Waals surface area contributed by atoms with E-state index in [0.717, 1.165) is 31.7 Å². The van der Waals surface area contributed by atoms with Gasteiger partial charge in [-0.3, -0.25) is 0 Å². The molecule has 1 rings (SSSR count). The SMILES string of the molecule is CCOCCCNCc1ccc(F)cc1Cl.O=C(O)C(=O)O. The second-order valence-electron chi connectivity index (χ2n) is 4.07. The van der Waals surface area contributed by atoms with Crippen LogP contribution in [0.3, 0.4) is 0 Å². The van der Waals surface area contributed by atoms with Gasteiger partial charge < -0.3 is 20.3 Å². The Hall–Kier alpha value is -1.70. The monoisotopic (exact) mass is 335 g/mol. The molecule has 0 heterocycles. The number of hydrogen-bond donors (Lipinski definition) is 3. The van der Waals surface area contributed by atoms with E-state index in [-0.39, 0.29) is 5.82 Å². The van der Waals surface area contributed by atoms with Gasteiger partial charge in [0.05, 0.1) is 0 Å². The zero-order valence-corrected chi connectivity index (χ0v) is 12.9. The first-order valence-corrected chi connectivity index (χ1v) is 6.94. The Morgan fingerprint density at radius 2 is 1.95 bits per heavy atom. The number of aliphatic carboxylic acids is 2. The van der Waals surface area contributed by atoms with Crippen molar-refractivity contribution in [3.63, 3.8) is 0 Å². The van der Waals surface area contributed by atoms with Crippen LogP contribution in [0.1, 0.15) is 18.9 Å². The lowest BCUT2D eigenvalue weighted by Gasteiger charge is -2.06. The summed E-state index contributed by atoms with van der Waals surface area (Å²) in [5.74, 6) is -3.95. The molecule has 3 N–H and O–H groups in total. The van der Waals surface area contributed by atoms with Gasteiger partial charge in [-0.2, -0.15) is 0 Å². The molecule has 0 radical (unpaired) electrons. The van der Waals surface area contributed by atoms with Gasteiger partial charge in [0.25, 0.3) is 0 Å². The van der Waals surface area contributed by atoms with Gasteiger partial charge in [-0.1, -0.05) is 17.7 Å². The normalized spacial score (nSPS) is 9.77. The predicted octanol–water partition coefficient (Wildman–Crippen LogP) is 2.15. The maximum atomic E-state index is 12.8. The molecule has 0 aliphatic heterocycles. The molecule has 0 aliphatic carbocycles. The molecule has 124 valence electrons. The lowest BCUT2D eigenvalue weighted by molar-refractivity contribution is -0.159. The Balaban J connectivity index is 0.000000626. The molecule has 0 amide bonds. The number of carboxylic acid groups (broad SMARTS) is 2. The Labute approximate surface area is 132 Å². The smallest absolute Gasteiger partial charge is 0.414 e. The van der Waals surface area contributed by atoms with Crippen molar-refractivity contribution in [2.45, 2.75) is 19.9 Å². The van der Waals surface area contributed by atoms with Crippen LogP contribution in [0.4, 0.5) is 4.39 Å². The molecule has 0 fully saturated rings. The van der Waals surface area contributed by atoms with Crippen molar-refractivity contribution in [1.82, 2.24) is 5.32 Å². The third kappa shape index (κ3) is 10.1. The van der Waals surface area contributed by atoms with E-state index < -0.39 is 11.9 Å². The summed E-state index contributed by atoms with van der Waals surface area (Å²) in [5.41, 5.74) is 0.916. The van der Waals surface area contributed by atoms with E-state index in [1.165, 1.54) is 12.1 Å². The Morgan fingerprint density at radius 3 is 2.45 bits per heavy atom. The zero-order valence-electron chi connectivity index (χ0n) is 12.1. The number of nitrogens with one attached hydrogen (secondary N) is 1. The summed E-state index contributed by atoms with van der Waals surface area (Å²) in [6.45, 7) is 5.02. The topological polar surface area (TPSA) is 95.9 Å². The van der Waals surface area contributed by atoms with Crippen molar-refractivity contribution in [3.05, 3.63) is 34.6 Å². The summed E-state index contributed by atoms with van der Waals surface area (Å²) in [4.78, 5) is 18.2. The minimum atomic E-state index is -1.82. The number of hydrogen-bond acceptors (Lipinski definition) is 4. The Bertz CT molecular complexity index is 472. The second kappa shape index (κ2) is 11.9. The molecule has 0 aliphatic rings. The number of carboxylic acids is 2. The fourth-order valence-corrected chi connectivity index (χ4v) is 1.57. The second-order valence-corrected chi connectivity index (χ2v) is 4.48. The first-order chi connectivity index (χ1) is 10.4.